The molecule has 0 atom stereocenters. The summed E-state index contributed by atoms with van der Waals surface area (Å²) in [7, 11) is 0. The van der Waals surface area contributed by atoms with Gasteiger partial charge in [-0.05, 0) is 35.9 Å². The number of para-hydroxylation sites is 1. The van der Waals surface area contributed by atoms with Crippen LogP contribution in [0.4, 0.5) is 4.39 Å². The molecule has 1 aromatic heterocycles. The zero-order valence-corrected chi connectivity index (χ0v) is 15.7. The average Bonchev–Trinajstić information content (AvgIpc) is 3.10. The van der Waals surface area contributed by atoms with Gasteiger partial charge in [0.2, 0.25) is 5.91 Å². The fourth-order valence-corrected chi connectivity index (χ4v) is 4.32. The van der Waals surface area contributed by atoms with Crippen LogP contribution in [0.25, 0.3) is 16.3 Å². The Hall–Kier alpha value is -2.57. The molecule has 0 unspecified atom stereocenters. The van der Waals surface area contributed by atoms with E-state index in [4.69, 9.17) is 4.98 Å². The van der Waals surface area contributed by atoms with Crippen LogP contribution in [0.2, 0.25) is 0 Å². The zero-order valence-electron chi connectivity index (χ0n) is 14.9. The van der Waals surface area contributed by atoms with E-state index in [1.54, 1.807) is 35.6 Å². The maximum atomic E-state index is 12.9. The molecule has 1 fully saturated rings. The molecule has 1 amide bonds. The maximum Gasteiger partial charge on any atom is 0.246 e. The minimum Gasteiger partial charge on any atom is -0.328 e. The molecule has 0 aliphatic carbocycles. The third-order valence-electron chi connectivity index (χ3n) is 4.81. The number of hydrogen-bond acceptors (Lipinski definition) is 3. The smallest absolute Gasteiger partial charge is 0.246 e. The molecular formula is C21H21FN3OS+. The molecule has 2 aromatic carbocycles. The molecule has 27 heavy (non-hydrogen) atoms. The minimum atomic E-state index is -0.272. The fraction of sp³-hybridized carbons (Fsp3) is 0.238. The van der Waals surface area contributed by atoms with E-state index in [1.165, 1.54) is 21.7 Å². The van der Waals surface area contributed by atoms with E-state index < -0.39 is 0 Å². The van der Waals surface area contributed by atoms with E-state index in [0.29, 0.717) is 0 Å². The number of nitrogens with zero attached hydrogens (tertiary/aromatic N) is 2. The molecule has 6 heteroatoms. The van der Waals surface area contributed by atoms with E-state index >= 15 is 0 Å². The molecule has 0 radical (unpaired) electrons. The van der Waals surface area contributed by atoms with Crippen molar-refractivity contribution in [3.8, 4) is 0 Å². The highest BCUT2D eigenvalue weighted by Gasteiger charge is 2.23. The Bertz CT molecular complexity index is 926. The van der Waals surface area contributed by atoms with E-state index in [1.807, 2.05) is 17.0 Å². The maximum absolute atomic E-state index is 12.9. The lowest BCUT2D eigenvalue weighted by atomic mass is 10.2. The number of piperazine rings is 1. The predicted octanol–water partition coefficient (Wildman–Crippen LogP) is 2.38. The molecule has 3 aromatic rings. The third-order valence-corrected chi connectivity index (χ3v) is 5.85. The molecular weight excluding hydrogens is 361 g/mol. The van der Waals surface area contributed by atoms with Crippen molar-refractivity contribution in [2.45, 2.75) is 6.54 Å². The number of carbonyl (C=O) groups is 1. The first-order valence-electron chi connectivity index (χ1n) is 9.08. The standard InChI is InChI=1S/C21H20FN3OS/c22-17-8-5-16(6-9-17)7-10-21(26)25-13-11-24(12-14-25)15-20-23-18-3-1-2-4-19(18)27-20/h1-10H,11-15H2/p+1/b10-7+. The Balaban J connectivity index is 1.30. The molecule has 1 saturated heterocycles. The fourth-order valence-electron chi connectivity index (χ4n) is 3.28. The normalized spacial score (nSPS) is 15.7. The first-order chi connectivity index (χ1) is 13.2. The van der Waals surface area contributed by atoms with Crippen LogP contribution >= 0.6 is 11.3 Å². The highest BCUT2D eigenvalue weighted by atomic mass is 32.1. The van der Waals surface area contributed by atoms with E-state index in [9.17, 15) is 9.18 Å². The summed E-state index contributed by atoms with van der Waals surface area (Å²) in [5, 5.41) is 1.15. The molecule has 2 heterocycles. The van der Waals surface area contributed by atoms with Gasteiger partial charge in [-0.25, -0.2) is 9.37 Å². The van der Waals surface area contributed by atoms with Gasteiger partial charge >= 0.3 is 0 Å². The van der Waals surface area contributed by atoms with E-state index in [-0.39, 0.29) is 11.7 Å². The number of benzene rings is 2. The Kier molecular flexibility index (Phi) is 5.27. The second kappa shape index (κ2) is 7.98. The monoisotopic (exact) mass is 382 g/mol. The lowest BCUT2D eigenvalue weighted by Gasteiger charge is -2.31. The quantitative estimate of drug-likeness (QED) is 0.704. The summed E-state index contributed by atoms with van der Waals surface area (Å²) in [5.74, 6) is -0.260. The predicted molar refractivity (Wildman–Crippen MR) is 106 cm³/mol. The van der Waals surface area contributed by atoms with Gasteiger partial charge in [-0.2, -0.15) is 0 Å². The van der Waals surface area contributed by atoms with Crippen molar-refractivity contribution >= 4 is 33.5 Å². The second-order valence-corrected chi connectivity index (χ2v) is 7.83. The number of carbonyl (C=O) groups excluding carboxylic acids is 1. The number of quaternary nitrogens is 1. The van der Waals surface area contributed by atoms with Crippen LogP contribution in [-0.2, 0) is 11.3 Å². The van der Waals surface area contributed by atoms with Crippen LogP contribution in [0.5, 0.6) is 0 Å². The van der Waals surface area contributed by atoms with Gasteiger partial charge in [0, 0.05) is 6.08 Å². The summed E-state index contributed by atoms with van der Waals surface area (Å²) in [4.78, 5) is 20.4. The number of thiazole rings is 1. The first-order valence-corrected chi connectivity index (χ1v) is 9.89. The van der Waals surface area contributed by atoms with Crippen LogP contribution in [0.1, 0.15) is 10.6 Å². The lowest BCUT2D eigenvalue weighted by Crippen LogP contribution is -3.13. The highest BCUT2D eigenvalue weighted by Crippen LogP contribution is 2.20. The highest BCUT2D eigenvalue weighted by molar-refractivity contribution is 7.18. The molecule has 138 valence electrons. The Labute approximate surface area is 161 Å². The topological polar surface area (TPSA) is 37.6 Å². The van der Waals surface area contributed by atoms with Crippen LogP contribution in [0.15, 0.2) is 54.6 Å². The number of amides is 1. The molecule has 1 aliphatic rings. The van der Waals surface area contributed by atoms with Crippen molar-refractivity contribution in [2.24, 2.45) is 0 Å². The Morgan fingerprint density at radius 3 is 2.63 bits per heavy atom. The summed E-state index contributed by atoms with van der Waals surface area (Å²) in [6, 6.07) is 14.3. The molecule has 1 aliphatic heterocycles. The molecule has 4 nitrogen and oxygen atoms in total. The van der Waals surface area contributed by atoms with Gasteiger partial charge in [-0.1, -0.05) is 24.3 Å². The van der Waals surface area contributed by atoms with Crippen molar-refractivity contribution in [1.29, 1.82) is 0 Å². The van der Waals surface area contributed by atoms with Crippen molar-refractivity contribution in [3.05, 3.63) is 71.0 Å². The van der Waals surface area contributed by atoms with Gasteiger partial charge in [-0.15, -0.1) is 11.3 Å². The van der Waals surface area contributed by atoms with Gasteiger partial charge in [0.05, 0.1) is 36.4 Å². The molecule has 0 saturated carbocycles. The molecule has 1 N–H and O–H groups in total. The third kappa shape index (κ3) is 4.40. The summed E-state index contributed by atoms with van der Waals surface area (Å²) < 4.78 is 14.2. The van der Waals surface area contributed by atoms with Crippen LogP contribution in [-0.4, -0.2) is 42.0 Å². The largest absolute Gasteiger partial charge is 0.328 e. The lowest BCUT2D eigenvalue weighted by molar-refractivity contribution is -0.917. The number of rotatable bonds is 4. The number of fused-ring (bicyclic) bond motifs is 1. The Morgan fingerprint density at radius 1 is 1.15 bits per heavy atom. The summed E-state index contributed by atoms with van der Waals surface area (Å²) >= 11 is 1.75. The zero-order chi connectivity index (χ0) is 18.6. The van der Waals surface area contributed by atoms with Gasteiger partial charge in [-0.3, -0.25) is 4.79 Å². The molecule has 0 spiro atoms. The van der Waals surface area contributed by atoms with Crippen LogP contribution in [0, 0.1) is 5.82 Å². The van der Waals surface area contributed by atoms with Gasteiger partial charge in [0.1, 0.15) is 17.4 Å². The van der Waals surface area contributed by atoms with E-state index in [0.717, 1.165) is 48.8 Å². The van der Waals surface area contributed by atoms with E-state index in [2.05, 4.69) is 12.1 Å². The summed E-state index contributed by atoms with van der Waals surface area (Å²) in [6.45, 7) is 4.24. The van der Waals surface area contributed by atoms with Crippen molar-refractivity contribution in [1.82, 2.24) is 9.88 Å². The number of nitrogens with one attached hydrogen (secondary N) is 1. The minimum absolute atomic E-state index is 0.0124. The van der Waals surface area contributed by atoms with Crippen molar-refractivity contribution in [2.75, 3.05) is 26.2 Å². The summed E-state index contributed by atoms with van der Waals surface area (Å²) in [5.41, 5.74) is 1.89. The number of halogens is 1. The van der Waals surface area contributed by atoms with Crippen LogP contribution < -0.4 is 4.90 Å². The summed E-state index contributed by atoms with van der Waals surface area (Å²) in [6.07, 6.45) is 3.31. The second-order valence-electron chi connectivity index (χ2n) is 6.71. The molecule has 4 rings (SSSR count). The number of aromatic nitrogens is 1. The van der Waals surface area contributed by atoms with Crippen molar-refractivity contribution < 1.29 is 14.1 Å². The van der Waals surface area contributed by atoms with Gasteiger partial charge in [0.15, 0.2) is 0 Å². The van der Waals surface area contributed by atoms with Gasteiger partial charge in [0.25, 0.3) is 0 Å². The first kappa shape index (κ1) is 17.8. The van der Waals surface area contributed by atoms with Crippen molar-refractivity contribution in [3.63, 3.8) is 0 Å². The Morgan fingerprint density at radius 2 is 1.89 bits per heavy atom. The molecule has 0 bridgehead atoms. The van der Waals surface area contributed by atoms with Crippen LogP contribution in [0.3, 0.4) is 0 Å². The average molecular weight is 382 g/mol. The van der Waals surface area contributed by atoms with Gasteiger partial charge < -0.3 is 9.80 Å². The SMILES string of the molecule is O=C(/C=C/c1ccc(F)cc1)N1CC[NH+](Cc2nc3ccccc3s2)CC1. The number of hydrogen-bond donors (Lipinski definition) is 1.